The number of furan rings is 1. The van der Waals surface area contributed by atoms with Gasteiger partial charge in [0, 0.05) is 17.2 Å². The Kier molecular flexibility index (Phi) is 3.36. The molecule has 0 aliphatic heterocycles. The number of carbonyl (C=O) groups excluding carboxylic acids is 1. The van der Waals surface area contributed by atoms with Crippen LogP contribution in [0.25, 0.3) is 11.3 Å². The van der Waals surface area contributed by atoms with Crippen LogP contribution in [0.1, 0.15) is 36.0 Å². The van der Waals surface area contributed by atoms with Crippen LogP contribution in [0.15, 0.2) is 47.1 Å². The summed E-state index contributed by atoms with van der Waals surface area (Å²) in [7, 11) is 0. The largest absolute Gasteiger partial charge is 0.464 e. The average molecular weight is 255 g/mol. The van der Waals surface area contributed by atoms with Crippen LogP contribution in [0.4, 0.5) is 0 Å². The molecule has 3 nitrogen and oxygen atoms in total. The topological polar surface area (TPSA) is 42.2 Å². The first-order valence-electron chi connectivity index (χ1n) is 6.78. The zero-order chi connectivity index (χ0) is 13.1. The van der Waals surface area contributed by atoms with Gasteiger partial charge in [-0.05, 0) is 37.1 Å². The maximum Gasteiger partial charge on any atom is 0.251 e. The van der Waals surface area contributed by atoms with Crippen molar-refractivity contribution < 1.29 is 9.21 Å². The molecule has 3 heteroatoms. The summed E-state index contributed by atoms with van der Waals surface area (Å²) in [5.41, 5.74) is 1.70. The van der Waals surface area contributed by atoms with Gasteiger partial charge in [0.15, 0.2) is 0 Å². The summed E-state index contributed by atoms with van der Waals surface area (Å²) in [6, 6.07) is 11.7. The molecule has 1 aromatic carbocycles. The third-order valence-corrected chi connectivity index (χ3v) is 3.64. The van der Waals surface area contributed by atoms with Crippen molar-refractivity contribution in [1.29, 1.82) is 0 Å². The summed E-state index contributed by atoms with van der Waals surface area (Å²) in [5, 5.41) is 3.09. The van der Waals surface area contributed by atoms with Gasteiger partial charge in [0.05, 0.1) is 6.26 Å². The van der Waals surface area contributed by atoms with Crippen molar-refractivity contribution in [3.8, 4) is 11.3 Å². The number of rotatable bonds is 3. The predicted molar refractivity (Wildman–Crippen MR) is 73.9 cm³/mol. The zero-order valence-electron chi connectivity index (χ0n) is 10.8. The van der Waals surface area contributed by atoms with Crippen molar-refractivity contribution in [2.45, 2.75) is 31.7 Å². The summed E-state index contributed by atoms with van der Waals surface area (Å²) in [6.45, 7) is 0. The molecule has 0 spiro atoms. The normalized spacial score (nSPS) is 15.6. The van der Waals surface area contributed by atoms with Crippen molar-refractivity contribution in [2.24, 2.45) is 0 Å². The third kappa shape index (κ3) is 2.70. The monoisotopic (exact) mass is 255 g/mol. The Morgan fingerprint density at radius 1 is 1.11 bits per heavy atom. The number of amides is 1. The number of benzene rings is 1. The molecule has 0 radical (unpaired) electrons. The zero-order valence-corrected chi connectivity index (χ0v) is 10.8. The van der Waals surface area contributed by atoms with Gasteiger partial charge in [0.2, 0.25) is 0 Å². The second-order valence-corrected chi connectivity index (χ2v) is 5.01. The highest BCUT2D eigenvalue weighted by Gasteiger charge is 2.17. The van der Waals surface area contributed by atoms with Gasteiger partial charge in [-0.15, -0.1) is 0 Å². The molecule has 1 aromatic heterocycles. The Morgan fingerprint density at radius 2 is 1.84 bits per heavy atom. The van der Waals surface area contributed by atoms with E-state index in [0.717, 1.165) is 24.2 Å². The fourth-order valence-electron chi connectivity index (χ4n) is 2.57. The Labute approximate surface area is 112 Å². The van der Waals surface area contributed by atoms with Gasteiger partial charge < -0.3 is 9.73 Å². The van der Waals surface area contributed by atoms with Gasteiger partial charge in [-0.25, -0.2) is 0 Å². The first-order valence-corrected chi connectivity index (χ1v) is 6.78. The van der Waals surface area contributed by atoms with E-state index in [2.05, 4.69) is 5.32 Å². The highest BCUT2D eigenvalue weighted by molar-refractivity contribution is 5.94. The molecule has 1 saturated carbocycles. The van der Waals surface area contributed by atoms with E-state index in [9.17, 15) is 4.79 Å². The predicted octanol–water partition coefficient (Wildman–Crippen LogP) is 3.62. The lowest BCUT2D eigenvalue weighted by Gasteiger charge is -2.11. The van der Waals surface area contributed by atoms with E-state index in [1.54, 1.807) is 6.26 Å². The second-order valence-electron chi connectivity index (χ2n) is 5.01. The van der Waals surface area contributed by atoms with Gasteiger partial charge in [0.1, 0.15) is 5.76 Å². The molecule has 19 heavy (non-hydrogen) atoms. The minimum Gasteiger partial charge on any atom is -0.464 e. The molecule has 0 bridgehead atoms. The first kappa shape index (κ1) is 12.0. The van der Waals surface area contributed by atoms with Crippen molar-refractivity contribution in [3.63, 3.8) is 0 Å². The van der Waals surface area contributed by atoms with Crippen LogP contribution in [0, 0.1) is 0 Å². The molecule has 0 saturated heterocycles. The number of hydrogen-bond donors (Lipinski definition) is 1. The van der Waals surface area contributed by atoms with Crippen LogP contribution in [0.3, 0.4) is 0 Å². The van der Waals surface area contributed by atoms with Crippen LogP contribution < -0.4 is 5.32 Å². The van der Waals surface area contributed by atoms with E-state index < -0.39 is 0 Å². The van der Waals surface area contributed by atoms with Crippen molar-refractivity contribution in [3.05, 3.63) is 48.2 Å². The molecule has 1 fully saturated rings. The summed E-state index contributed by atoms with van der Waals surface area (Å²) >= 11 is 0. The van der Waals surface area contributed by atoms with E-state index in [1.165, 1.54) is 12.8 Å². The van der Waals surface area contributed by atoms with Gasteiger partial charge in [-0.3, -0.25) is 4.79 Å². The van der Waals surface area contributed by atoms with Gasteiger partial charge in [-0.1, -0.05) is 25.0 Å². The third-order valence-electron chi connectivity index (χ3n) is 3.64. The lowest BCUT2D eigenvalue weighted by atomic mass is 10.1. The molecule has 1 aliphatic carbocycles. The Balaban J connectivity index is 1.69. The molecular weight excluding hydrogens is 238 g/mol. The maximum atomic E-state index is 12.1. The van der Waals surface area contributed by atoms with Crippen molar-refractivity contribution in [1.82, 2.24) is 5.32 Å². The van der Waals surface area contributed by atoms with Crippen LogP contribution in [-0.2, 0) is 0 Å². The van der Waals surface area contributed by atoms with E-state index in [4.69, 9.17) is 4.42 Å². The average Bonchev–Trinajstić information content (AvgIpc) is 3.12. The molecular formula is C16H17NO2. The van der Waals surface area contributed by atoms with Gasteiger partial charge >= 0.3 is 0 Å². The Hall–Kier alpha value is -2.03. The van der Waals surface area contributed by atoms with Gasteiger partial charge in [0.25, 0.3) is 5.91 Å². The minimum atomic E-state index is 0.0258. The summed E-state index contributed by atoms with van der Waals surface area (Å²) in [4.78, 5) is 12.1. The number of carbonyl (C=O) groups is 1. The molecule has 2 aromatic rings. The Bertz CT molecular complexity index is 537. The lowest BCUT2D eigenvalue weighted by Crippen LogP contribution is -2.32. The van der Waals surface area contributed by atoms with Crippen LogP contribution in [0.2, 0.25) is 0 Å². The van der Waals surface area contributed by atoms with Crippen molar-refractivity contribution in [2.75, 3.05) is 0 Å². The van der Waals surface area contributed by atoms with Crippen LogP contribution >= 0.6 is 0 Å². The summed E-state index contributed by atoms with van der Waals surface area (Å²) < 4.78 is 5.33. The molecule has 98 valence electrons. The fraction of sp³-hybridized carbons (Fsp3) is 0.312. The fourth-order valence-corrected chi connectivity index (χ4v) is 2.57. The maximum absolute atomic E-state index is 12.1. The van der Waals surface area contributed by atoms with E-state index in [0.29, 0.717) is 11.6 Å². The van der Waals surface area contributed by atoms with Crippen LogP contribution in [0.5, 0.6) is 0 Å². The molecule has 1 N–H and O–H groups in total. The quantitative estimate of drug-likeness (QED) is 0.910. The van der Waals surface area contributed by atoms with E-state index in [1.807, 2.05) is 36.4 Å². The van der Waals surface area contributed by atoms with Gasteiger partial charge in [-0.2, -0.15) is 0 Å². The van der Waals surface area contributed by atoms with E-state index >= 15 is 0 Å². The van der Waals surface area contributed by atoms with Crippen LogP contribution in [-0.4, -0.2) is 11.9 Å². The summed E-state index contributed by atoms with van der Waals surface area (Å²) in [6.07, 6.45) is 6.31. The second kappa shape index (κ2) is 5.31. The number of hydrogen-bond acceptors (Lipinski definition) is 2. The van der Waals surface area contributed by atoms with E-state index in [-0.39, 0.29) is 5.91 Å². The SMILES string of the molecule is O=C(NC1CCCC1)c1ccc(-c2ccco2)cc1. The molecule has 3 rings (SSSR count). The molecule has 1 heterocycles. The summed E-state index contributed by atoms with van der Waals surface area (Å²) in [5.74, 6) is 0.848. The standard InChI is InChI=1S/C16H17NO2/c18-16(17-14-4-1-2-5-14)13-9-7-12(8-10-13)15-6-3-11-19-15/h3,6-11,14H,1-2,4-5H2,(H,17,18). The molecule has 0 unspecified atom stereocenters. The first-order chi connectivity index (χ1) is 9.33. The highest BCUT2D eigenvalue weighted by Crippen LogP contribution is 2.21. The minimum absolute atomic E-state index is 0.0258. The lowest BCUT2D eigenvalue weighted by molar-refractivity contribution is 0.0938. The molecule has 0 atom stereocenters. The number of nitrogens with one attached hydrogen (secondary N) is 1. The Morgan fingerprint density at radius 3 is 2.47 bits per heavy atom. The molecule has 1 aliphatic rings. The highest BCUT2D eigenvalue weighted by atomic mass is 16.3. The molecule has 1 amide bonds. The van der Waals surface area contributed by atoms with Crippen molar-refractivity contribution >= 4 is 5.91 Å². The smallest absolute Gasteiger partial charge is 0.251 e.